The number of nitrogens with zero attached hydrogens (tertiary/aromatic N) is 5. The number of hydrogen-bond acceptors (Lipinski definition) is 6. The van der Waals surface area contributed by atoms with Gasteiger partial charge in [0, 0.05) is 12.4 Å². The Morgan fingerprint density at radius 1 is 1.43 bits per heavy atom. The largest absolute Gasteiger partial charge is 0.478 e. The van der Waals surface area contributed by atoms with Gasteiger partial charge in [-0.15, -0.1) is 5.10 Å². The molecule has 3 aromatic heterocycles. The van der Waals surface area contributed by atoms with Crippen LogP contribution in [0.5, 0.6) is 0 Å². The number of fused-ring (bicyclic) bond motifs is 1. The van der Waals surface area contributed by atoms with Crippen molar-refractivity contribution in [1.82, 2.24) is 24.4 Å². The van der Waals surface area contributed by atoms with Gasteiger partial charge in [-0.25, -0.2) is 18.8 Å². The third-order valence-corrected chi connectivity index (χ3v) is 2.91. The number of carbonyl (C=O) groups is 2. The van der Waals surface area contributed by atoms with Crippen LogP contribution in [0.15, 0.2) is 30.7 Å². The van der Waals surface area contributed by atoms with Crippen LogP contribution in [0.2, 0.25) is 0 Å². The second kappa shape index (κ2) is 5.75. The smallest absolute Gasteiger partial charge is 0.414 e. The van der Waals surface area contributed by atoms with E-state index in [-0.39, 0.29) is 23.8 Å². The Balaban J connectivity index is 2.07. The molecule has 2 N–H and O–H groups in total. The van der Waals surface area contributed by atoms with Gasteiger partial charge >= 0.3 is 12.1 Å². The molecule has 118 valence electrons. The number of anilines is 1. The van der Waals surface area contributed by atoms with Crippen LogP contribution >= 0.6 is 0 Å². The first-order valence-electron chi connectivity index (χ1n) is 6.66. The molecular weight excluding hydrogens is 304 g/mol. The second-order valence-electron chi connectivity index (χ2n) is 4.42. The highest BCUT2D eigenvalue weighted by molar-refractivity contribution is 5.95. The number of carbonyl (C=O) groups excluding carboxylic acids is 1. The highest BCUT2D eigenvalue weighted by atomic mass is 16.5. The molecule has 0 spiro atoms. The van der Waals surface area contributed by atoms with Crippen LogP contribution in [0.1, 0.15) is 17.3 Å². The predicted octanol–water partition coefficient (Wildman–Crippen LogP) is 1.18. The predicted molar refractivity (Wildman–Crippen MR) is 77.7 cm³/mol. The molecule has 0 saturated heterocycles. The SMILES string of the molecule is CCOC(=O)Nc1nc2c(C(=O)O)cc(-n3cccn3)cn2n1. The molecule has 1 amide bonds. The van der Waals surface area contributed by atoms with Crippen molar-refractivity contribution in [3.63, 3.8) is 0 Å². The van der Waals surface area contributed by atoms with E-state index in [2.05, 4.69) is 20.5 Å². The fourth-order valence-corrected chi connectivity index (χ4v) is 1.99. The number of carboxylic acid groups (broad SMARTS) is 1. The van der Waals surface area contributed by atoms with Crippen molar-refractivity contribution < 1.29 is 19.4 Å². The highest BCUT2D eigenvalue weighted by Crippen LogP contribution is 2.16. The lowest BCUT2D eigenvalue weighted by Crippen LogP contribution is -2.14. The van der Waals surface area contributed by atoms with Gasteiger partial charge in [0.25, 0.3) is 5.95 Å². The number of ether oxygens (including phenoxy) is 1. The Hall–Kier alpha value is -3.43. The zero-order valence-corrected chi connectivity index (χ0v) is 12.0. The van der Waals surface area contributed by atoms with E-state index in [9.17, 15) is 14.7 Å². The lowest BCUT2D eigenvalue weighted by Gasteiger charge is -2.04. The molecule has 3 aromatic rings. The van der Waals surface area contributed by atoms with Gasteiger partial charge in [-0.05, 0) is 19.1 Å². The van der Waals surface area contributed by atoms with Crippen molar-refractivity contribution in [3.05, 3.63) is 36.3 Å². The summed E-state index contributed by atoms with van der Waals surface area (Å²) in [5.41, 5.74) is 0.523. The minimum absolute atomic E-state index is 0.0523. The molecule has 0 aromatic carbocycles. The molecule has 0 radical (unpaired) electrons. The van der Waals surface area contributed by atoms with Crippen molar-refractivity contribution in [1.29, 1.82) is 0 Å². The molecular formula is C13H12N6O4. The molecule has 0 aliphatic heterocycles. The Kier molecular flexibility index (Phi) is 3.63. The van der Waals surface area contributed by atoms with Crippen LogP contribution in [-0.4, -0.2) is 48.2 Å². The molecule has 10 nitrogen and oxygen atoms in total. The lowest BCUT2D eigenvalue weighted by molar-refractivity contribution is 0.0698. The molecule has 10 heteroatoms. The first kappa shape index (κ1) is 14.5. The Morgan fingerprint density at radius 2 is 2.26 bits per heavy atom. The zero-order valence-electron chi connectivity index (χ0n) is 12.0. The topological polar surface area (TPSA) is 124 Å². The third-order valence-electron chi connectivity index (χ3n) is 2.91. The second-order valence-corrected chi connectivity index (χ2v) is 4.42. The number of aromatic nitrogens is 5. The Morgan fingerprint density at radius 3 is 2.91 bits per heavy atom. The van der Waals surface area contributed by atoms with Gasteiger partial charge in [0.15, 0.2) is 5.65 Å². The first-order chi connectivity index (χ1) is 11.1. The summed E-state index contributed by atoms with van der Waals surface area (Å²) in [6.45, 7) is 1.86. The summed E-state index contributed by atoms with van der Waals surface area (Å²) in [7, 11) is 0. The van der Waals surface area contributed by atoms with Crippen molar-refractivity contribution in [2.75, 3.05) is 11.9 Å². The zero-order chi connectivity index (χ0) is 16.4. The van der Waals surface area contributed by atoms with Crippen LogP contribution in [0, 0.1) is 0 Å². The van der Waals surface area contributed by atoms with Crippen molar-refractivity contribution in [2.45, 2.75) is 6.92 Å². The summed E-state index contributed by atoms with van der Waals surface area (Å²) < 4.78 is 7.49. The molecule has 3 heterocycles. The van der Waals surface area contributed by atoms with Gasteiger partial charge in [-0.2, -0.15) is 10.1 Å². The monoisotopic (exact) mass is 316 g/mol. The Bertz CT molecular complexity index is 870. The summed E-state index contributed by atoms with van der Waals surface area (Å²) in [6.07, 6.45) is 4.08. The van der Waals surface area contributed by atoms with E-state index in [0.29, 0.717) is 5.69 Å². The van der Waals surface area contributed by atoms with Gasteiger partial charge in [-0.3, -0.25) is 5.32 Å². The molecule has 0 fully saturated rings. The van der Waals surface area contributed by atoms with E-state index in [4.69, 9.17) is 4.74 Å². The lowest BCUT2D eigenvalue weighted by atomic mass is 10.2. The molecule has 0 saturated carbocycles. The van der Waals surface area contributed by atoms with Crippen LogP contribution < -0.4 is 5.32 Å². The van der Waals surface area contributed by atoms with E-state index in [0.717, 1.165) is 0 Å². The standard InChI is InChI=1S/C13H12N6O4/c1-2-23-13(22)16-12-15-10-9(11(20)21)6-8(7-19(10)17-12)18-5-3-4-14-18/h3-7H,2H2,1H3,(H,20,21)(H,16,17,22). The van der Waals surface area contributed by atoms with Crippen LogP contribution in [0.25, 0.3) is 11.3 Å². The van der Waals surface area contributed by atoms with Crippen LogP contribution in [-0.2, 0) is 4.74 Å². The average molecular weight is 316 g/mol. The van der Waals surface area contributed by atoms with Gasteiger partial charge in [0.05, 0.1) is 18.5 Å². The number of pyridine rings is 1. The minimum atomic E-state index is -1.17. The normalized spacial score (nSPS) is 10.7. The first-order valence-corrected chi connectivity index (χ1v) is 6.66. The maximum atomic E-state index is 11.4. The number of rotatable bonds is 4. The van der Waals surface area contributed by atoms with Gasteiger partial charge in [-0.1, -0.05) is 0 Å². The van der Waals surface area contributed by atoms with E-state index < -0.39 is 12.1 Å². The fraction of sp³-hybridized carbons (Fsp3) is 0.154. The number of carboxylic acids is 1. The number of aromatic carboxylic acids is 1. The van der Waals surface area contributed by atoms with E-state index in [1.807, 2.05) is 0 Å². The molecule has 0 bridgehead atoms. The maximum absolute atomic E-state index is 11.4. The van der Waals surface area contributed by atoms with E-state index >= 15 is 0 Å². The van der Waals surface area contributed by atoms with Gasteiger partial charge in [0.2, 0.25) is 0 Å². The Labute approximate surface area is 129 Å². The molecule has 0 aliphatic rings. The maximum Gasteiger partial charge on any atom is 0.414 e. The molecule has 23 heavy (non-hydrogen) atoms. The van der Waals surface area contributed by atoms with Crippen LogP contribution in [0.4, 0.5) is 10.7 Å². The minimum Gasteiger partial charge on any atom is -0.478 e. The van der Waals surface area contributed by atoms with E-state index in [1.165, 1.54) is 15.3 Å². The summed E-state index contributed by atoms with van der Waals surface area (Å²) >= 11 is 0. The molecule has 0 unspecified atom stereocenters. The van der Waals surface area contributed by atoms with Crippen molar-refractivity contribution >= 4 is 23.7 Å². The summed E-state index contributed by atoms with van der Waals surface area (Å²) in [4.78, 5) is 26.9. The molecule has 3 rings (SSSR count). The van der Waals surface area contributed by atoms with Crippen molar-refractivity contribution in [3.8, 4) is 5.69 Å². The number of nitrogens with one attached hydrogen (secondary N) is 1. The van der Waals surface area contributed by atoms with E-state index in [1.54, 1.807) is 31.6 Å². The van der Waals surface area contributed by atoms with Gasteiger partial charge < -0.3 is 9.84 Å². The summed E-state index contributed by atoms with van der Waals surface area (Å²) in [5, 5.41) is 19.8. The average Bonchev–Trinajstić information content (AvgIpc) is 3.14. The quantitative estimate of drug-likeness (QED) is 0.740. The van der Waals surface area contributed by atoms with Gasteiger partial charge in [0.1, 0.15) is 5.56 Å². The van der Waals surface area contributed by atoms with Crippen LogP contribution in [0.3, 0.4) is 0 Å². The summed E-state index contributed by atoms with van der Waals surface area (Å²) in [6, 6.07) is 3.13. The third kappa shape index (κ3) is 2.81. The number of amides is 1. The molecule has 0 atom stereocenters. The summed E-state index contributed by atoms with van der Waals surface area (Å²) in [5.74, 6) is -1.22. The number of hydrogen-bond donors (Lipinski definition) is 2. The highest BCUT2D eigenvalue weighted by Gasteiger charge is 2.17. The molecule has 0 aliphatic carbocycles. The van der Waals surface area contributed by atoms with Crippen molar-refractivity contribution in [2.24, 2.45) is 0 Å². The fourth-order valence-electron chi connectivity index (χ4n) is 1.99.